The van der Waals surface area contributed by atoms with E-state index in [0.29, 0.717) is 31.6 Å². The van der Waals surface area contributed by atoms with E-state index in [4.69, 9.17) is 16.7 Å². The highest BCUT2D eigenvalue weighted by Crippen LogP contribution is 2.29. The fraction of sp³-hybridized carbons (Fsp3) is 0.762. The van der Waals surface area contributed by atoms with Crippen molar-refractivity contribution >= 4 is 105 Å². The van der Waals surface area contributed by atoms with Crippen LogP contribution in [0, 0.1) is 16.2 Å². The third kappa shape index (κ3) is 20.0. The van der Waals surface area contributed by atoms with Gasteiger partial charge in [0.05, 0.1) is 24.2 Å². The maximum Gasteiger partial charge on any atom is 0.403 e. The van der Waals surface area contributed by atoms with Crippen molar-refractivity contribution in [1.82, 2.24) is 30.5 Å². The van der Waals surface area contributed by atoms with E-state index in [1.54, 1.807) is 48.5 Å². The Morgan fingerprint density at radius 3 is 1.05 bits per heavy atom. The minimum Gasteiger partial charge on any atom is -0.480 e. The molecule has 0 saturated carbocycles. The molecule has 5 amide bonds. The smallest absolute Gasteiger partial charge is 0.403 e. The Bertz CT molecular complexity index is 1590. The second kappa shape index (κ2) is 31.5. The van der Waals surface area contributed by atoms with Crippen molar-refractivity contribution < 1.29 is 57.8 Å². The summed E-state index contributed by atoms with van der Waals surface area (Å²) in [6, 6.07) is -2.68. The lowest BCUT2D eigenvalue weighted by molar-refractivity contribution is -0.154. The Labute approximate surface area is 408 Å². The number of halogens is 1. The minimum atomic E-state index is -1.05. The fourth-order valence-corrected chi connectivity index (χ4v) is 8.94. The largest absolute Gasteiger partial charge is 0.480 e. The highest BCUT2D eigenvalue weighted by Gasteiger charge is 2.44. The van der Waals surface area contributed by atoms with Crippen molar-refractivity contribution in [1.29, 1.82) is 0 Å². The maximum absolute atomic E-state index is 12.7. The van der Waals surface area contributed by atoms with Gasteiger partial charge in [-0.3, -0.25) is 60.9 Å². The number of nitrogens with one attached hydrogen (secondary N) is 2. The molecule has 3 rings (SSSR count). The summed E-state index contributed by atoms with van der Waals surface area (Å²) in [6.45, 7) is 27.8. The fourth-order valence-electron chi connectivity index (χ4n) is 5.38. The van der Waals surface area contributed by atoms with E-state index in [1.165, 1.54) is 64.7 Å². The minimum absolute atomic E-state index is 0.202. The summed E-state index contributed by atoms with van der Waals surface area (Å²) < 4.78 is 4.17. The summed E-state index contributed by atoms with van der Waals surface area (Å²) in [5.74, 6) is 3.58. The molecule has 7 N–H and O–H groups in total. The number of nitrogens with two attached hydrogens (primary N) is 2. The number of rotatable bonds is 16. The highest BCUT2D eigenvalue weighted by molar-refractivity contribution is 8.00. The van der Waals surface area contributed by atoms with Crippen LogP contribution in [0.4, 0.5) is 4.79 Å². The molecule has 3 saturated heterocycles. The lowest BCUT2D eigenvalue weighted by atomic mass is 9.84. The van der Waals surface area contributed by atoms with Crippen molar-refractivity contribution in [2.75, 3.05) is 61.1 Å². The molecule has 3 aliphatic heterocycles. The highest BCUT2D eigenvalue weighted by atomic mass is 35.5. The zero-order valence-electron chi connectivity index (χ0n) is 40.9. The van der Waals surface area contributed by atoms with Gasteiger partial charge in [-0.1, -0.05) is 83.1 Å². The van der Waals surface area contributed by atoms with Crippen LogP contribution in [0.5, 0.6) is 0 Å². The van der Waals surface area contributed by atoms with Crippen LogP contribution in [-0.2, 0) is 47.9 Å². The Balaban J connectivity index is 0. The van der Waals surface area contributed by atoms with E-state index in [0.717, 1.165) is 4.90 Å². The van der Waals surface area contributed by atoms with Gasteiger partial charge >= 0.3 is 11.4 Å². The predicted molar refractivity (Wildman–Crippen MR) is 260 cm³/mol. The molecule has 1 unspecified atom stereocenters. The molecule has 66 heavy (non-hydrogen) atoms. The first kappa shape index (κ1) is 64.6. The van der Waals surface area contributed by atoms with Gasteiger partial charge in [0.25, 0.3) is 29.5 Å². The van der Waals surface area contributed by atoms with Crippen LogP contribution in [0.25, 0.3) is 0 Å². The average molecular weight is 1020 g/mol. The van der Waals surface area contributed by atoms with E-state index in [-0.39, 0.29) is 29.1 Å². The van der Waals surface area contributed by atoms with Gasteiger partial charge in [0, 0.05) is 45.1 Å². The molecule has 20 nitrogen and oxygen atoms in total. The Morgan fingerprint density at radius 2 is 0.848 bits per heavy atom. The van der Waals surface area contributed by atoms with Gasteiger partial charge in [-0.15, -0.1) is 35.3 Å². The van der Waals surface area contributed by atoms with Crippen molar-refractivity contribution in [3.8, 4) is 0 Å². The molecular weight excluding hydrogens is 940 g/mol. The molecule has 0 bridgehead atoms. The van der Waals surface area contributed by atoms with Crippen LogP contribution >= 0.6 is 46.9 Å². The second-order valence-corrected chi connectivity index (χ2v) is 20.0. The van der Waals surface area contributed by atoms with Gasteiger partial charge in [0.1, 0.15) is 18.1 Å². The summed E-state index contributed by atoms with van der Waals surface area (Å²) in [4.78, 5) is 126. The first-order valence-corrected chi connectivity index (χ1v) is 25.5. The molecule has 0 aliphatic carbocycles. The van der Waals surface area contributed by atoms with Gasteiger partial charge in [-0.05, 0) is 45.8 Å². The van der Waals surface area contributed by atoms with Crippen LogP contribution in [0.15, 0.2) is 0 Å². The van der Waals surface area contributed by atoms with Crippen LogP contribution in [0.1, 0.15) is 109 Å². The summed E-state index contributed by atoms with van der Waals surface area (Å²) in [7, 11) is 0. The first-order valence-electron chi connectivity index (χ1n) is 21.7. The Hall–Kier alpha value is -3.48. The number of ether oxygens (including phenoxy) is 1. The number of carbonyl (C=O) groups excluding carboxylic acids is 9. The molecule has 24 heteroatoms. The van der Waals surface area contributed by atoms with Crippen molar-refractivity contribution in [2.45, 2.75) is 127 Å². The first-order chi connectivity index (χ1) is 30.7. The number of carboxylic acid groups (broad SMARTS) is 1. The molecule has 3 aliphatic rings. The normalized spacial score (nSPS) is 17.8. The summed E-state index contributed by atoms with van der Waals surface area (Å²) in [6.07, 6.45) is 1.52. The van der Waals surface area contributed by atoms with Gasteiger partial charge in [-0.25, -0.2) is 9.59 Å². The van der Waals surface area contributed by atoms with Gasteiger partial charge in [-0.2, -0.15) is 0 Å². The number of amides is 5. The summed E-state index contributed by atoms with van der Waals surface area (Å²) in [5.41, 5.74) is 1.50. The van der Waals surface area contributed by atoms with Crippen LogP contribution in [-0.4, -0.2) is 162 Å². The van der Waals surface area contributed by atoms with E-state index >= 15 is 0 Å². The van der Waals surface area contributed by atoms with Crippen LogP contribution in [0.3, 0.4) is 0 Å². The molecule has 380 valence electrons. The predicted octanol–water partition coefficient (Wildman–Crippen LogP) is 3.47. The van der Waals surface area contributed by atoms with Crippen molar-refractivity contribution in [2.24, 2.45) is 27.9 Å². The third-order valence-electron chi connectivity index (χ3n) is 11.3. The number of hydrogen-bond acceptors (Lipinski definition) is 17. The number of carbonyl (C=O) groups is 10. The van der Waals surface area contributed by atoms with Crippen molar-refractivity contribution in [3.63, 3.8) is 0 Å². The number of carboxylic acids is 1. The monoisotopic (exact) mass is 1010 g/mol. The standard InChI is InChI=1S/C22H34N4O6S2.C11H17NO4S.C6H15N.C3H5ClO2.H4N2/c1-7-21(3,4)15(27)19(31)25-11-33-9-13(25)17(29)23-24-18(30)14-10-34-12-26(14)20(32)16(28)22(5,6)8-2;1-4-11(2,3)8(13)9(14)12-6-17-5-7(12)10(15)16;1-4-7(5-2)6-3;1-2-6-3(4)5;1-2/h13-14H,7-12H2,1-6H3,(H,23,29)(H,24,30);7H,4-6H2,1-3H3,(H,15,16);4-6H2,1-3H3;2H2,1H3;1-2H2/t13-,14?;7-;;;/m00.../s1. The molecular formula is C42H75ClN8O12S3. The molecule has 3 atom stereocenters. The van der Waals surface area contributed by atoms with E-state index in [1.807, 2.05) is 20.8 Å². The van der Waals surface area contributed by atoms with E-state index < -0.39 is 92.7 Å². The topological polar surface area (TPSA) is 289 Å². The number of Topliss-reactive ketones (excluding diaryl/α,β-unsaturated/α-hetero) is 3. The lowest BCUT2D eigenvalue weighted by Gasteiger charge is -2.28. The van der Waals surface area contributed by atoms with Gasteiger partial charge in [0.15, 0.2) is 0 Å². The summed E-state index contributed by atoms with van der Waals surface area (Å²) >= 11 is 8.75. The lowest BCUT2D eigenvalue weighted by Crippen LogP contribution is -2.58. The second-order valence-electron chi connectivity index (χ2n) is 16.7. The molecule has 3 heterocycles. The molecule has 3 fully saturated rings. The number of hydrazine groups is 2. The zero-order chi connectivity index (χ0) is 51.7. The average Bonchev–Trinajstić information content (AvgIpc) is 4.11. The van der Waals surface area contributed by atoms with Crippen molar-refractivity contribution in [3.05, 3.63) is 0 Å². The number of hydrogen-bond donors (Lipinski definition) is 5. The van der Waals surface area contributed by atoms with E-state index in [2.05, 4.69) is 52.9 Å². The molecule has 0 spiro atoms. The van der Waals surface area contributed by atoms with Gasteiger partial charge in [0.2, 0.25) is 17.3 Å². The number of ketones is 3. The van der Waals surface area contributed by atoms with Crippen LogP contribution < -0.4 is 22.5 Å². The number of nitrogens with zero attached hydrogens (tertiary/aromatic N) is 4. The summed E-state index contributed by atoms with van der Waals surface area (Å²) in [5, 5.41) is 8.96. The molecule has 0 radical (unpaired) electrons. The van der Waals surface area contributed by atoms with Gasteiger partial charge < -0.3 is 29.4 Å². The molecule has 0 aromatic rings. The van der Waals surface area contributed by atoms with Crippen LogP contribution in [0.2, 0.25) is 0 Å². The third-order valence-corrected chi connectivity index (χ3v) is 14.5. The Kier molecular flexibility index (Phi) is 30.9. The molecule has 0 aromatic carbocycles. The quantitative estimate of drug-likeness (QED) is 0.0640. The zero-order valence-corrected chi connectivity index (χ0v) is 44.1. The number of aliphatic carboxylic acids is 1. The SMILES string of the molecule is CCC(C)(C)C(=O)C(=O)N1CSCC1C(=O)NNC(=O)[C@@H]1CSCN1C(=O)C(=O)C(C)(C)CC.CCC(C)(C)C(=O)C(=O)N1CSC[C@H]1C(=O)O.CCN(CC)CC.CCOC(=O)Cl.NN. The molecule has 0 aromatic heterocycles. The Morgan fingerprint density at radius 1 is 0.576 bits per heavy atom. The maximum atomic E-state index is 12.7. The van der Waals surface area contributed by atoms with E-state index in [9.17, 15) is 47.9 Å². The number of thioether (sulfide) groups is 3.